The highest BCUT2D eigenvalue weighted by Crippen LogP contribution is 2.31. The smallest absolute Gasteiger partial charge is 0.412 e. The van der Waals surface area contributed by atoms with Crippen molar-refractivity contribution < 1.29 is 24.2 Å². The van der Waals surface area contributed by atoms with Gasteiger partial charge in [0.2, 0.25) is 5.91 Å². The Bertz CT molecular complexity index is 1250. The molecule has 0 saturated carbocycles. The fourth-order valence-corrected chi connectivity index (χ4v) is 3.71. The molecule has 0 aliphatic carbocycles. The number of ketones is 1. The fraction of sp³-hybridized carbons (Fsp3) is 0.207. The van der Waals surface area contributed by atoms with Crippen LogP contribution in [0.1, 0.15) is 48.7 Å². The van der Waals surface area contributed by atoms with Gasteiger partial charge in [0, 0.05) is 11.3 Å². The van der Waals surface area contributed by atoms with Crippen LogP contribution in [0.25, 0.3) is 0 Å². The van der Waals surface area contributed by atoms with Crippen molar-refractivity contribution in [3.8, 4) is 5.75 Å². The molecule has 0 radical (unpaired) electrons. The molecule has 0 unspecified atom stereocenters. The summed E-state index contributed by atoms with van der Waals surface area (Å²) in [6.07, 6.45) is 3.18. The molecule has 0 aromatic heterocycles. The number of nitrogens with one attached hydrogen (secondary N) is 2. The number of anilines is 3. The molecule has 37 heavy (non-hydrogen) atoms. The van der Waals surface area contributed by atoms with Crippen molar-refractivity contribution in [1.29, 1.82) is 0 Å². The van der Waals surface area contributed by atoms with Gasteiger partial charge in [-0.15, -0.1) is 0 Å². The number of allylic oxidation sites excluding steroid dienone is 1. The molecule has 0 saturated heterocycles. The van der Waals surface area contributed by atoms with Gasteiger partial charge < -0.3 is 20.9 Å². The number of amides is 2. The first-order valence-corrected chi connectivity index (χ1v) is 11.9. The monoisotopic (exact) mass is 501 g/mol. The number of nitrogen functional groups attached to an aromatic ring is 1. The minimum atomic E-state index is -0.643. The SMILES string of the molecule is CC(=O)c1ccc(NC(=O)O[C@@H](c2ccc(O)cc2)[C@H](C)CC/C=C/C(=O)Nc2ccccc2N)cc1. The Labute approximate surface area is 216 Å². The van der Waals surface area contributed by atoms with Gasteiger partial charge in [-0.3, -0.25) is 14.9 Å². The zero-order chi connectivity index (χ0) is 26.8. The summed E-state index contributed by atoms with van der Waals surface area (Å²) in [6.45, 7) is 3.42. The van der Waals surface area contributed by atoms with Gasteiger partial charge >= 0.3 is 6.09 Å². The number of Topliss-reactive ketones (excluding diaryl/α,β-unsaturated/α-hetero) is 1. The Morgan fingerprint density at radius 3 is 2.30 bits per heavy atom. The zero-order valence-electron chi connectivity index (χ0n) is 20.8. The van der Waals surface area contributed by atoms with Crippen molar-refractivity contribution in [3.05, 3.63) is 96.1 Å². The van der Waals surface area contributed by atoms with E-state index >= 15 is 0 Å². The van der Waals surface area contributed by atoms with E-state index < -0.39 is 12.2 Å². The first-order chi connectivity index (χ1) is 17.7. The Hall–Kier alpha value is -4.59. The number of phenolic OH excluding ortho intramolecular Hbond substituents is 1. The number of aromatic hydroxyl groups is 1. The van der Waals surface area contributed by atoms with Crippen molar-refractivity contribution >= 4 is 34.8 Å². The Morgan fingerprint density at radius 1 is 0.973 bits per heavy atom. The molecule has 0 fully saturated rings. The summed E-state index contributed by atoms with van der Waals surface area (Å²) in [7, 11) is 0. The molecule has 0 aliphatic rings. The van der Waals surface area contributed by atoms with Gasteiger partial charge in [0.05, 0.1) is 11.4 Å². The standard InChI is InChI=1S/C29H31N3O5/c1-19(7-3-6-10-27(35)32-26-9-5-4-8-25(26)30)28(22-13-17-24(34)18-14-22)37-29(36)31-23-15-11-21(12-16-23)20(2)33/h4-6,8-19,28,34H,3,7,30H2,1-2H3,(H,31,36)(H,32,35)/b10-6+/t19-,28-/m1/s1. The van der Waals surface area contributed by atoms with Gasteiger partial charge in [-0.25, -0.2) is 4.79 Å². The van der Waals surface area contributed by atoms with Crippen LogP contribution >= 0.6 is 0 Å². The van der Waals surface area contributed by atoms with Gasteiger partial charge in [-0.1, -0.05) is 37.3 Å². The van der Waals surface area contributed by atoms with E-state index in [4.69, 9.17) is 10.5 Å². The van der Waals surface area contributed by atoms with E-state index in [1.54, 1.807) is 66.7 Å². The molecule has 2 amide bonds. The van der Waals surface area contributed by atoms with Crippen LogP contribution in [0, 0.1) is 5.92 Å². The van der Waals surface area contributed by atoms with E-state index in [0.717, 1.165) is 5.56 Å². The number of ether oxygens (including phenoxy) is 1. The number of rotatable bonds is 10. The highest BCUT2D eigenvalue weighted by molar-refractivity contribution is 6.01. The first-order valence-electron chi connectivity index (χ1n) is 11.9. The lowest BCUT2D eigenvalue weighted by Crippen LogP contribution is -2.22. The fourth-order valence-electron chi connectivity index (χ4n) is 3.71. The summed E-state index contributed by atoms with van der Waals surface area (Å²) >= 11 is 0. The number of carbonyl (C=O) groups is 3. The largest absolute Gasteiger partial charge is 0.508 e. The topological polar surface area (TPSA) is 131 Å². The minimum Gasteiger partial charge on any atom is -0.508 e. The lowest BCUT2D eigenvalue weighted by atomic mass is 9.93. The molecule has 3 aromatic carbocycles. The van der Waals surface area contributed by atoms with E-state index in [1.165, 1.54) is 25.1 Å². The molecule has 3 rings (SSSR count). The van der Waals surface area contributed by atoms with Gasteiger partial charge in [-0.05, 0) is 85.9 Å². The second kappa shape index (κ2) is 12.9. The summed E-state index contributed by atoms with van der Waals surface area (Å²) < 4.78 is 5.77. The highest BCUT2D eigenvalue weighted by Gasteiger charge is 2.23. The predicted octanol–water partition coefficient (Wildman–Crippen LogP) is 6.08. The van der Waals surface area contributed by atoms with E-state index in [1.807, 2.05) is 6.92 Å². The summed E-state index contributed by atoms with van der Waals surface area (Å²) in [5.74, 6) is -0.343. The molecule has 8 heteroatoms. The molecule has 0 spiro atoms. The van der Waals surface area contributed by atoms with Gasteiger partial charge in [0.25, 0.3) is 0 Å². The molecule has 5 N–H and O–H groups in total. The lowest BCUT2D eigenvalue weighted by Gasteiger charge is -2.24. The van der Waals surface area contributed by atoms with E-state index in [0.29, 0.717) is 35.5 Å². The second-order valence-electron chi connectivity index (χ2n) is 8.71. The molecule has 192 valence electrons. The molecular formula is C29H31N3O5. The minimum absolute atomic E-state index is 0.0638. The number of benzene rings is 3. The van der Waals surface area contributed by atoms with Crippen molar-refractivity contribution in [2.75, 3.05) is 16.4 Å². The zero-order valence-corrected chi connectivity index (χ0v) is 20.8. The van der Waals surface area contributed by atoms with Crippen LogP contribution in [-0.4, -0.2) is 22.9 Å². The summed E-state index contributed by atoms with van der Waals surface area (Å²) in [5, 5.41) is 15.1. The maximum atomic E-state index is 12.7. The third-order valence-corrected chi connectivity index (χ3v) is 5.79. The molecule has 0 bridgehead atoms. The predicted molar refractivity (Wildman–Crippen MR) is 144 cm³/mol. The van der Waals surface area contributed by atoms with Gasteiger partial charge in [0.15, 0.2) is 5.78 Å². The maximum absolute atomic E-state index is 12.7. The summed E-state index contributed by atoms with van der Waals surface area (Å²) in [5.41, 5.74) is 8.66. The van der Waals surface area contributed by atoms with E-state index in [9.17, 15) is 19.5 Å². The normalized spacial score (nSPS) is 12.5. The number of nitrogens with two attached hydrogens (primary N) is 1. The van der Waals surface area contributed by atoms with E-state index in [2.05, 4.69) is 10.6 Å². The highest BCUT2D eigenvalue weighted by atomic mass is 16.6. The average molecular weight is 502 g/mol. The van der Waals surface area contributed by atoms with Crippen molar-refractivity contribution in [3.63, 3.8) is 0 Å². The molecule has 0 heterocycles. The van der Waals surface area contributed by atoms with Crippen molar-refractivity contribution in [1.82, 2.24) is 0 Å². The number of hydrogen-bond acceptors (Lipinski definition) is 6. The van der Waals surface area contributed by atoms with Gasteiger partial charge in [0.1, 0.15) is 11.9 Å². The maximum Gasteiger partial charge on any atom is 0.412 e. The molecule has 2 atom stereocenters. The third-order valence-electron chi connectivity index (χ3n) is 5.79. The van der Waals surface area contributed by atoms with Crippen LogP contribution in [0.3, 0.4) is 0 Å². The van der Waals surface area contributed by atoms with Gasteiger partial charge in [-0.2, -0.15) is 0 Å². The quantitative estimate of drug-likeness (QED) is 0.151. The Morgan fingerprint density at radius 2 is 1.65 bits per heavy atom. The second-order valence-corrected chi connectivity index (χ2v) is 8.71. The Kier molecular flexibility index (Phi) is 9.43. The summed E-state index contributed by atoms with van der Waals surface area (Å²) in [6, 6.07) is 20.0. The molecule has 8 nitrogen and oxygen atoms in total. The lowest BCUT2D eigenvalue weighted by molar-refractivity contribution is -0.111. The molecular weight excluding hydrogens is 470 g/mol. The van der Waals surface area contributed by atoms with Crippen LogP contribution in [-0.2, 0) is 9.53 Å². The Balaban J connectivity index is 1.61. The van der Waals surface area contributed by atoms with Crippen LogP contribution in [0.5, 0.6) is 5.75 Å². The van der Waals surface area contributed by atoms with Crippen LogP contribution in [0.4, 0.5) is 21.9 Å². The van der Waals surface area contributed by atoms with Crippen LogP contribution in [0.2, 0.25) is 0 Å². The number of phenols is 1. The molecule has 3 aromatic rings. The van der Waals surface area contributed by atoms with Crippen molar-refractivity contribution in [2.45, 2.75) is 32.8 Å². The molecule has 0 aliphatic heterocycles. The van der Waals surface area contributed by atoms with E-state index in [-0.39, 0.29) is 23.4 Å². The summed E-state index contributed by atoms with van der Waals surface area (Å²) in [4.78, 5) is 36.3. The first kappa shape index (κ1) is 27.0. The van der Waals surface area contributed by atoms with Crippen molar-refractivity contribution in [2.24, 2.45) is 5.92 Å². The van der Waals surface area contributed by atoms with Crippen LogP contribution in [0.15, 0.2) is 84.9 Å². The number of carbonyl (C=O) groups excluding carboxylic acids is 3. The average Bonchev–Trinajstić information content (AvgIpc) is 2.87. The van der Waals surface area contributed by atoms with Crippen LogP contribution < -0.4 is 16.4 Å². The number of hydrogen-bond donors (Lipinski definition) is 4. The number of para-hydroxylation sites is 2. The third kappa shape index (κ3) is 8.24.